The molecule has 0 spiro atoms. The van der Waals surface area contributed by atoms with Crippen LogP contribution in [-0.2, 0) is 4.79 Å². The first-order valence-electron chi connectivity index (χ1n) is 6.28. The zero-order valence-corrected chi connectivity index (χ0v) is 10.2. The Morgan fingerprint density at radius 2 is 1.89 bits per heavy atom. The van der Waals surface area contributed by atoms with Crippen LogP contribution in [0.25, 0.3) is 0 Å². The van der Waals surface area contributed by atoms with Crippen LogP contribution in [0, 0.1) is 0 Å². The fourth-order valence-corrected chi connectivity index (χ4v) is 2.63. The molecule has 0 bridgehead atoms. The maximum Gasteiger partial charge on any atom is 0.406 e. The Labute approximate surface area is 104 Å². The molecule has 7 heteroatoms. The van der Waals surface area contributed by atoms with Crippen molar-refractivity contribution in [3.05, 3.63) is 0 Å². The summed E-state index contributed by atoms with van der Waals surface area (Å²) in [7, 11) is 0. The minimum atomic E-state index is -4.30. The number of halogens is 3. The van der Waals surface area contributed by atoms with Gasteiger partial charge in [-0.1, -0.05) is 0 Å². The van der Waals surface area contributed by atoms with Crippen molar-refractivity contribution < 1.29 is 18.0 Å². The molecule has 0 saturated carbocycles. The number of nitrogens with zero attached hydrogens (tertiary/aromatic N) is 2. The van der Waals surface area contributed by atoms with Crippen molar-refractivity contribution in [2.45, 2.75) is 25.1 Å². The number of piperidine rings is 1. The first kappa shape index (κ1) is 13.6. The van der Waals surface area contributed by atoms with Gasteiger partial charge in [0.05, 0.1) is 6.04 Å². The van der Waals surface area contributed by atoms with Crippen LogP contribution in [0.3, 0.4) is 0 Å². The molecule has 2 fully saturated rings. The van der Waals surface area contributed by atoms with E-state index in [1.54, 1.807) is 0 Å². The van der Waals surface area contributed by atoms with Gasteiger partial charge in [0.25, 0.3) is 0 Å². The van der Waals surface area contributed by atoms with Crippen LogP contribution in [0.4, 0.5) is 13.2 Å². The zero-order valence-electron chi connectivity index (χ0n) is 10.2. The third-order valence-corrected chi connectivity index (χ3v) is 3.46. The minimum absolute atomic E-state index is 0.223. The highest BCUT2D eigenvalue weighted by Gasteiger charge is 2.39. The van der Waals surface area contributed by atoms with Gasteiger partial charge >= 0.3 is 6.18 Å². The number of nitrogens with one attached hydrogen (secondary N) is 1. The molecular formula is C11H18F3N3O. The number of hydrogen-bond acceptors (Lipinski definition) is 3. The summed E-state index contributed by atoms with van der Waals surface area (Å²) in [6.07, 6.45) is -2.98. The molecule has 0 unspecified atom stereocenters. The Bertz CT molecular complexity index is 302. The van der Waals surface area contributed by atoms with Gasteiger partial charge in [0.1, 0.15) is 6.54 Å². The smallest absolute Gasteiger partial charge is 0.332 e. The number of alkyl halides is 3. The van der Waals surface area contributed by atoms with Gasteiger partial charge in [0, 0.05) is 32.7 Å². The van der Waals surface area contributed by atoms with Gasteiger partial charge in [-0.25, -0.2) is 0 Å². The van der Waals surface area contributed by atoms with Gasteiger partial charge in [0.15, 0.2) is 0 Å². The molecule has 104 valence electrons. The molecule has 2 aliphatic heterocycles. The Morgan fingerprint density at radius 3 is 2.50 bits per heavy atom. The van der Waals surface area contributed by atoms with Gasteiger partial charge in [-0.15, -0.1) is 0 Å². The van der Waals surface area contributed by atoms with Crippen LogP contribution in [0.2, 0.25) is 0 Å². The summed E-state index contributed by atoms with van der Waals surface area (Å²) in [5.41, 5.74) is 0. The van der Waals surface area contributed by atoms with Crippen molar-refractivity contribution in [3.8, 4) is 0 Å². The lowest BCUT2D eigenvalue weighted by molar-refractivity contribution is -0.167. The van der Waals surface area contributed by atoms with E-state index >= 15 is 0 Å². The molecule has 2 aliphatic rings. The van der Waals surface area contributed by atoms with E-state index in [-0.39, 0.29) is 18.5 Å². The predicted molar refractivity (Wildman–Crippen MR) is 60.1 cm³/mol. The molecular weight excluding hydrogens is 247 g/mol. The average molecular weight is 265 g/mol. The van der Waals surface area contributed by atoms with Crippen molar-refractivity contribution in [3.63, 3.8) is 0 Å². The largest absolute Gasteiger partial charge is 0.406 e. The molecule has 1 N–H and O–H groups in total. The van der Waals surface area contributed by atoms with Crippen LogP contribution < -0.4 is 5.32 Å². The Morgan fingerprint density at radius 1 is 1.22 bits per heavy atom. The summed E-state index contributed by atoms with van der Waals surface area (Å²) >= 11 is 0. The number of carbonyl (C=O) groups is 1. The summed E-state index contributed by atoms with van der Waals surface area (Å²) in [4.78, 5) is 15.0. The molecule has 0 radical (unpaired) electrons. The SMILES string of the molecule is O=C1[C@H](N2CCNCC2)CCCN1CC(F)(F)F. The quantitative estimate of drug-likeness (QED) is 0.787. The summed E-state index contributed by atoms with van der Waals surface area (Å²) in [5, 5.41) is 3.17. The van der Waals surface area contributed by atoms with E-state index in [1.807, 2.05) is 4.90 Å². The lowest BCUT2D eigenvalue weighted by Gasteiger charge is -2.40. The second kappa shape index (κ2) is 5.44. The van der Waals surface area contributed by atoms with Crippen molar-refractivity contribution in [1.82, 2.24) is 15.1 Å². The van der Waals surface area contributed by atoms with E-state index in [1.165, 1.54) is 0 Å². The molecule has 0 aromatic heterocycles. The lowest BCUT2D eigenvalue weighted by atomic mass is 10.0. The van der Waals surface area contributed by atoms with E-state index in [0.717, 1.165) is 31.1 Å². The number of rotatable bonds is 2. The van der Waals surface area contributed by atoms with Crippen molar-refractivity contribution in [2.24, 2.45) is 0 Å². The standard InChI is InChI=1S/C11H18F3N3O/c12-11(13,14)8-17-5-1-2-9(10(17)18)16-6-3-15-4-7-16/h9,15H,1-8H2/t9-/m1/s1. The predicted octanol–water partition coefficient (Wildman–Crippen LogP) is 0.445. The molecule has 1 atom stereocenters. The third-order valence-electron chi connectivity index (χ3n) is 3.46. The second-order valence-electron chi connectivity index (χ2n) is 4.82. The Balaban J connectivity index is 1.97. The molecule has 0 aliphatic carbocycles. The Kier molecular flexibility index (Phi) is 4.11. The van der Waals surface area contributed by atoms with E-state index in [2.05, 4.69) is 5.32 Å². The molecule has 0 aromatic rings. The topological polar surface area (TPSA) is 35.6 Å². The van der Waals surface area contributed by atoms with Crippen molar-refractivity contribution in [2.75, 3.05) is 39.3 Å². The molecule has 2 heterocycles. The van der Waals surface area contributed by atoms with E-state index in [4.69, 9.17) is 0 Å². The lowest BCUT2D eigenvalue weighted by Crippen LogP contribution is -2.58. The monoisotopic (exact) mass is 265 g/mol. The Hall–Kier alpha value is -0.820. The highest BCUT2D eigenvalue weighted by atomic mass is 19.4. The van der Waals surface area contributed by atoms with E-state index in [0.29, 0.717) is 12.8 Å². The highest BCUT2D eigenvalue weighted by Crippen LogP contribution is 2.23. The second-order valence-corrected chi connectivity index (χ2v) is 4.82. The molecule has 4 nitrogen and oxygen atoms in total. The number of piperazine rings is 1. The molecule has 18 heavy (non-hydrogen) atoms. The first-order chi connectivity index (χ1) is 8.47. The number of likely N-dealkylation sites (tertiary alicyclic amines) is 1. The fraction of sp³-hybridized carbons (Fsp3) is 0.909. The maximum absolute atomic E-state index is 12.4. The minimum Gasteiger partial charge on any atom is -0.332 e. The average Bonchev–Trinajstić information content (AvgIpc) is 2.31. The van der Waals surface area contributed by atoms with Crippen molar-refractivity contribution >= 4 is 5.91 Å². The van der Waals surface area contributed by atoms with Crippen LogP contribution >= 0.6 is 0 Å². The summed E-state index contributed by atoms with van der Waals surface area (Å²) in [6, 6.07) is -0.358. The van der Waals surface area contributed by atoms with Crippen LogP contribution in [-0.4, -0.2) is 67.2 Å². The summed E-state index contributed by atoms with van der Waals surface area (Å²) < 4.78 is 37.1. The van der Waals surface area contributed by atoms with Crippen LogP contribution in [0.1, 0.15) is 12.8 Å². The zero-order chi connectivity index (χ0) is 13.2. The van der Waals surface area contributed by atoms with Crippen LogP contribution in [0.5, 0.6) is 0 Å². The highest BCUT2D eigenvalue weighted by molar-refractivity contribution is 5.82. The molecule has 2 rings (SSSR count). The van der Waals surface area contributed by atoms with Gasteiger partial charge < -0.3 is 10.2 Å². The normalized spacial score (nSPS) is 27.6. The van der Waals surface area contributed by atoms with Gasteiger partial charge in [-0.05, 0) is 12.8 Å². The molecule has 2 saturated heterocycles. The maximum atomic E-state index is 12.4. The van der Waals surface area contributed by atoms with Gasteiger partial charge in [-0.3, -0.25) is 9.69 Å². The van der Waals surface area contributed by atoms with E-state index in [9.17, 15) is 18.0 Å². The number of amides is 1. The van der Waals surface area contributed by atoms with Crippen molar-refractivity contribution in [1.29, 1.82) is 0 Å². The summed E-state index contributed by atoms with van der Waals surface area (Å²) in [5.74, 6) is -0.361. The number of hydrogen-bond donors (Lipinski definition) is 1. The summed E-state index contributed by atoms with van der Waals surface area (Å²) in [6.45, 7) is 2.16. The van der Waals surface area contributed by atoms with Gasteiger partial charge in [-0.2, -0.15) is 13.2 Å². The number of carbonyl (C=O) groups excluding carboxylic acids is 1. The van der Waals surface area contributed by atoms with Crippen LogP contribution in [0.15, 0.2) is 0 Å². The molecule has 1 amide bonds. The van der Waals surface area contributed by atoms with E-state index < -0.39 is 12.7 Å². The third kappa shape index (κ3) is 3.35. The first-order valence-corrected chi connectivity index (χ1v) is 6.28. The fourth-order valence-electron chi connectivity index (χ4n) is 2.63. The van der Waals surface area contributed by atoms with Gasteiger partial charge in [0.2, 0.25) is 5.91 Å². The molecule has 0 aromatic carbocycles.